The number of aliphatic hydroxyl groups excluding tert-OH is 3. The van der Waals surface area contributed by atoms with E-state index in [0.717, 1.165) is 0 Å². The minimum Gasteiger partial charge on any atom is -0.480 e. The number of hydrogen-bond donors (Lipinski definition) is 10. The van der Waals surface area contributed by atoms with Crippen LogP contribution in [0, 0.1) is 5.92 Å². The molecule has 7 atom stereocenters. The van der Waals surface area contributed by atoms with E-state index in [1.807, 2.05) is 0 Å². The maximum atomic E-state index is 13.1. The second-order valence-corrected chi connectivity index (χ2v) is 9.05. The molecule has 0 radical (unpaired) electrons. The zero-order valence-electron chi connectivity index (χ0n) is 19.3. The predicted octanol–water partition coefficient (Wildman–Crippen LogP) is -3.65. The first-order valence-electron chi connectivity index (χ1n) is 10.9. The van der Waals surface area contributed by atoms with Gasteiger partial charge in [0.25, 0.3) is 0 Å². The summed E-state index contributed by atoms with van der Waals surface area (Å²) in [5.74, 6) is -5.49. The summed E-state index contributed by atoms with van der Waals surface area (Å²) in [7, 11) is 0. The number of nitrogens with one attached hydrogen (secondary N) is 4. The van der Waals surface area contributed by atoms with Crippen molar-refractivity contribution in [2.24, 2.45) is 5.92 Å². The lowest BCUT2D eigenvalue weighted by atomic mass is 9.95. The van der Waals surface area contributed by atoms with E-state index in [9.17, 15) is 39.9 Å². The van der Waals surface area contributed by atoms with Gasteiger partial charge >= 0.3 is 5.97 Å². The number of aliphatic hydroxyl groups is 4. The number of carboxylic acids is 1. The topological polar surface area (TPSA) is 226 Å². The molecule has 0 unspecified atom stereocenters. The summed E-state index contributed by atoms with van der Waals surface area (Å²) < 4.78 is 5.10. The van der Waals surface area contributed by atoms with Crippen LogP contribution in [-0.2, 0) is 25.5 Å². The van der Waals surface area contributed by atoms with E-state index in [-0.39, 0.29) is 18.1 Å². The van der Waals surface area contributed by atoms with E-state index in [0.29, 0.717) is 5.69 Å². The lowest BCUT2D eigenvalue weighted by molar-refractivity contribution is -0.318. The summed E-state index contributed by atoms with van der Waals surface area (Å²) in [4.78, 5) is 43.9. The third-order valence-corrected chi connectivity index (χ3v) is 5.98. The Hall–Kier alpha value is -2.27. The van der Waals surface area contributed by atoms with Crippen LogP contribution in [0.5, 0.6) is 0 Å². The molecule has 198 valence electrons. The maximum Gasteiger partial charge on any atom is 0.327 e. The van der Waals surface area contributed by atoms with Gasteiger partial charge in [0.2, 0.25) is 17.6 Å². The van der Waals surface area contributed by atoms with Crippen molar-refractivity contribution in [3.8, 4) is 0 Å². The molecule has 9 N–H and O–H groups in total. The third kappa shape index (κ3) is 7.60. The van der Waals surface area contributed by atoms with Gasteiger partial charge in [-0.3, -0.25) is 9.59 Å². The number of carboxylic acid groups (broad SMARTS) is 1. The molecular weight excluding hydrogens is 486 g/mol. The zero-order chi connectivity index (χ0) is 26.3. The average molecular weight is 520 g/mol. The number of carbonyl (C=O) groups excluding carboxylic acids is 2. The fourth-order valence-electron chi connectivity index (χ4n) is 3.48. The van der Waals surface area contributed by atoms with Crippen LogP contribution in [0.3, 0.4) is 0 Å². The number of nitrogens with zero attached hydrogens (tertiary/aromatic N) is 1. The molecule has 1 aliphatic rings. The molecule has 35 heavy (non-hydrogen) atoms. The van der Waals surface area contributed by atoms with E-state index >= 15 is 0 Å². The largest absolute Gasteiger partial charge is 0.480 e. The highest BCUT2D eigenvalue weighted by molar-refractivity contribution is 7.80. The standard InChI is InChI=1S/C20H33N5O9S/c1-9(2)14(22-7-20(33)16(28)15(27)13(26)5-34-20)18(30)24-11(3-10-4-21-8-23-10)17(29)25-12(6-35)19(31)32/h4,8-9,11-16,22,26-28,33,35H,3,5-7H2,1-2H3,(H,21,23)(H,24,30)(H,25,29)(H,31,32)/t11-,12-,13-,14-,15-,16+,20-/m0/s1. The molecule has 2 rings (SSSR count). The van der Waals surface area contributed by atoms with Crippen LogP contribution in [0.1, 0.15) is 19.5 Å². The minimum absolute atomic E-state index is 0.0167. The van der Waals surface area contributed by atoms with E-state index in [1.165, 1.54) is 12.5 Å². The Morgan fingerprint density at radius 2 is 1.89 bits per heavy atom. The van der Waals surface area contributed by atoms with Crippen molar-refractivity contribution < 1.29 is 44.7 Å². The van der Waals surface area contributed by atoms with Crippen LogP contribution in [0.2, 0.25) is 0 Å². The average Bonchev–Trinajstić information content (AvgIpc) is 3.31. The summed E-state index contributed by atoms with van der Waals surface area (Å²) >= 11 is 3.92. The molecule has 0 spiro atoms. The smallest absolute Gasteiger partial charge is 0.327 e. The van der Waals surface area contributed by atoms with Gasteiger partial charge in [-0.15, -0.1) is 0 Å². The van der Waals surface area contributed by atoms with Crippen LogP contribution in [0.15, 0.2) is 12.5 Å². The molecular formula is C20H33N5O9S. The summed E-state index contributed by atoms with van der Waals surface area (Å²) in [6.45, 7) is 2.48. The van der Waals surface area contributed by atoms with E-state index in [4.69, 9.17) is 4.74 Å². The Balaban J connectivity index is 2.13. The van der Waals surface area contributed by atoms with Crippen LogP contribution < -0.4 is 16.0 Å². The predicted molar refractivity (Wildman–Crippen MR) is 123 cm³/mol. The number of imidazole rings is 1. The van der Waals surface area contributed by atoms with Crippen LogP contribution >= 0.6 is 12.6 Å². The van der Waals surface area contributed by atoms with Crippen molar-refractivity contribution in [1.82, 2.24) is 25.9 Å². The quantitative estimate of drug-likeness (QED) is 0.121. The van der Waals surface area contributed by atoms with E-state index < -0.39 is 73.2 Å². The van der Waals surface area contributed by atoms with Gasteiger partial charge in [0.15, 0.2) is 0 Å². The molecule has 15 heteroatoms. The Morgan fingerprint density at radius 1 is 1.23 bits per heavy atom. The highest BCUT2D eigenvalue weighted by Crippen LogP contribution is 2.23. The number of thiol groups is 1. The number of aromatic nitrogens is 2. The maximum absolute atomic E-state index is 13.1. The van der Waals surface area contributed by atoms with Gasteiger partial charge in [0, 0.05) is 24.1 Å². The van der Waals surface area contributed by atoms with Crippen molar-refractivity contribution in [3.63, 3.8) is 0 Å². The highest BCUT2D eigenvalue weighted by Gasteiger charge is 2.48. The summed E-state index contributed by atoms with van der Waals surface area (Å²) in [6.07, 6.45) is -2.06. The Labute approximate surface area is 206 Å². The zero-order valence-corrected chi connectivity index (χ0v) is 20.2. The first kappa shape index (κ1) is 29.0. The molecule has 0 aliphatic carbocycles. The minimum atomic E-state index is -2.28. The molecule has 0 aromatic carbocycles. The number of ether oxygens (including phenoxy) is 1. The summed E-state index contributed by atoms with van der Waals surface area (Å²) in [5, 5.41) is 57.0. The molecule has 1 fully saturated rings. The second kappa shape index (κ2) is 12.6. The normalized spacial score (nSPS) is 27.1. The van der Waals surface area contributed by atoms with Gasteiger partial charge < -0.3 is 51.2 Å². The fourth-order valence-corrected chi connectivity index (χ4v) is 3.73. The van der Waals surface area contributed by atoms with Crippen molar-refractivity contribution >= 4 is 30.4 Å². The van der Waals surface area contributed by atoms with Crippen LogP contribution in [0.25, 0.3) is 0 Å². The third-order valence-electron chi connectivity index (χ3n) is 5.62. The fraction of sp³-hybridized carbons (Fsp3) is 0.700. The van der Waals surface area contributed by atoms with Crippen molar-refractivity contribution in [2.45, 2.75) is 62.5 Å². The SMILES string of the molecule is CC(C)[C@H](NC[C@]1(O)OC[C@H](O)[C@H](O)[C@H]1O)C(=O)N[C@@H](Cc1cnc[nH]1)C(=O)N[C@@H](CS)C(=O)O. The number of rotatable bonds is 12. The van der Waals surface area contributed by atoms with Gasteiger partial charge in [0.05, 0.1) is 25.5 Å². The van der Waals surface area contributed by atoms with Crippen molar-refractivity contribution in [1.29, 1.82) is 0 Å². The van der Waals surface area contributed by atoms with Crippen LogP contribution in [0.4, 0.5) is 0 Å². The van der Waals surface area contributed by atoms with Gasteiger partial charge in [-0.1, -0.05) is 13.8 Å². The molecule has 2 amide bonds. The Kier molecular flexibility index (Phi) is 10.4. The summed E-state index contributed by atoms with van der Waals surface area (Å²) in [5.41, 5.74) is 0.512. The number of aromatic amines is 1. The number of H-pyrrole nitrogens is 1. The molecule has 1 aromatic rings. The van der Waals surface area contributed by atoms with E-state index in [1.54, 1.807) is 13.8 Å². The number of amides is 2. The molecule has 14 nitrogen and oxygen atoms in total. The monoisotopic (exact) mass is 519 g/mol. The van der Waals surface area contributed by atoms with Gasteiger partial charge in [-0.05, 0) is 5.92 Å². The van der Waals surface area contributed by atoms with Crippen molar-refractivity contribution in [3.05, 3.63) is 18.2 Å². The first-order valence-corrected chi connectivity index (χ1v) is 11.6. The van der Waals surface area contributed by atoms with Gasteiger partial charge in [-0.25, -0.2) is 9.78 Å². The summed E-state index contributed by atoms with van der Waals surface area (Å²) in [6, 6.07) is -3.44. The Bertz CT molecular complexity index is 858. The number of hydrogen-bond acceptors (Lipinski definition) is 11. The lowest BCUT2D eigenvalue weighted by Gasteiger charge is -2.42. The number of aliphatic carboxylic acids is 1. The second-order valence-electron chi connectivity index (χ2n) is 8.69. The van der Waals surface area contributed by atoms with Gasteiger partial charge in [-0.2, -0.15) is 12.6 Å². The Morgan fingerprint density at radius 3 is 2.43 bits per heavy atom. The molecule has 0 bridgehead atoms. The van der Waals surface area contributed by atoms with E-state index in [2.05, 4.69) is 38.5 Å². The first-order chi connectivity index (χ1) is 16.4. The van der Waals surface area contributed by atoms with Gasteiger partial charge in [0.1, 0.15) is 30.4 Å². The molecule has 1 aliphatic heterocycles. The molecule has 0 saturated carbocycles. The molecule has 1 saturated heterocycles. The number of carbonyl (C=O) groups is 3. The van der Waals surface area contributed by atoms with Crippen molar-refractivity contribution in [2.75, 3.05) is 18.9 Å². The lowest BCUT2D eigenvalue weighted by Crippen LogP contribution is -2.66. The molecule has 1 aromatic heterocycles. The van der Waals surface area contributed by atoms with Crippen LogP contribution in [-0.4, -0.2) is 114 Å². The highest BCUT2D eigenvalue weighted by atomic mass is 32.1. The molecule has 2 heterocycles.